The third-order valence-electron chi connectivity index (χ3n) is 8.86. The van der Waals surface area contributed by atoms with Crippen LogP contribution in [0.1, 0.15) is 124 Å². The molecule has 1 aromatic heterocycles. The fraction of sp³-hybridized carbons (Fsp3) is 0.457. The van der Waals surface area contributed by atoms with Crippen LogP contribution in [-0.2, 0) is 35.1 Å². The summed E-state index contributed by atoms with van der Waals surface area (Å²) in [5.41, 5.74) is 3.77. The number of carbonyl (C=O) groups is 3. The number of allylic oxidation sites excluding steroid dienone is 5. The second-order valence-corrected chi connectivity index (χ2v) is 14.5. The standard InChI is InChI=1S/C46H60O7S/c1-5-9-13-17-18-26-50-35-36-30-39(34-40(31-36)45(48)52-28-20-15-11-7-3)43-25-24-42(54-43)37-22-23-38(44(47)51-27-19-14-10-6-2)33-41(32-37)46(49)53-29-21-16-12-8-4/h5-7,23-25,30-34H,1-3,8-22,26-29,35H2,4H3. The highest BCUT2D eigenvalue weighted by atomic mass is 32.1. The normalized spacial score (nSPS) is 12.5. The Hall–Kier alpha value is -4.27. The molecule has 0 amide bonds. The lowest BCUT2D eigenvalue weighted by molar-refractivity contribution is -0.139. The Balaban J connectivity index is 1.85. The van der Waals surface area contributed by atoms with E-state index in [1.807, 2.05) is 54.6 Å². The van der Waals surface area contributed by atoms with Gasteiger partial charge in [-0.25, -0.2) is 14.4 Å². The minimum atomic E-state index is -0.464. The summed E-state index contributed by atoms with van der Waals surface area (Å²) in [7, 11) is 0. The molecule has 2 aromatic rings. The summed E-state index contributed by atoms with van der Waals surface area (Å²) in [4.78, 5) is 41.6. The Kier molecular flexibility index (Phi) is 21.7. The zero-order chi connectivity index (χ0) is 38.8. The number of ether oxygens (including phenoxy) is 4. The quantitative estimate of drug-likeness (QED) is 0.0370. The van der Waals surface area contributed by atoms with E-state index in [0.29, 0.717) is 56.2 Å². The number of hydrogen-bond acceptors (Lipinski definition) is 8. The van der Waals surface area contributed by atoms with Crippen LogP contribution in [0.25, 0.3) is 16.0 Å². The molecular weight excluding hydrogens is 697 g/mol. The van der Waals surface area contributed by atoms with E-state index in [2.05, 4.69) is 32.7 Å². The fourth-order valence-corrected chi connectivity index (χ4v) is 6.80. The zero-order valence-corrected chi connectivity index (χ0v) is 33.2. The van der Waals surface area contributed by atoms with Crippen LogP contribution in [0, 0.1) is 0 Å². The lowest BCUT2D eigenvalue weighted by Crippen LogP contribution is -2.11. The highest BCUT2D eigenvalue weighted by Gasteiger charge is 2.20. The molecule has 0 N–H and O–H groups in total. The van der Waals surface area contributed by atoms with Gasteiger partial charge in [-0.05, 0) is 130 Å². The lowest BCUT2D eigenvalue weighted by atomic mass is 10.0. The van der Waals surface area contributed by atoms with E-state index in [0.717, 1.165) is 116 Å². The van der Waals surface area contributed by atoms with Crippen molar-refractivity contribution in [2.45, 2.75) is 110 Å². The zero-order valence-electron chi connectivity index (χ0n) is 32.4. The van der Waals surface area contributed by atoms with Gasteiger partial charge in [0.25, 0.3) is 0 Å². The van der Waals surface area contributed by atoms with Crippen molar-refractivity contribution in [2.75, 3.05) is 26.4 Å². The van der Waals surface area contributed by atoms with Crippen LogP contribution in [0.4, 0.5) is 0 Å². The van der Waals surface area contributed by atoms with Gasteiger partial charge in [0.15, 0.2) is 0 Å². The van der Waals surface area contributed by atoms with Gasteiger partial charge in [0.2, 0.25) is 0 Å². The first-order valence-electron chi connectivity index (χ1n) is 19.7. The molecule has 54 heavy (non-hydrogen) atoms. The summed E-state index contributed by atoms with van der Waals surface area (Å²) in [6.45, 7) is 15.4. The predicted octanol–water partition coefficient (Wildman–Crippen LogP) is 11.9. The van der Waals surface area contributed by atoms with Crippen molar-refractivity contribution in [2.24, 2.45) is 0 Å². The Bertz CT molecular complexity index is 1610. The molecule has 292 valence electrons. The van der Waals surface area contributed by atoms with Gasteiger partial charge in [0, 0.05) is 16.4 Å². The first kappa shape index (κ1) is 44.1. The molecule has 1 aliphatic rings. The van der Waals surface area contributed by atoms with E-state index in [1.54, 1.807) is 17.4 Å². The summed E-state index contributed by atoms with van der Waals surface area (Å²) in [6, 6.07) is 9.81. The molecule has 1 aromatic carbocycles. The molecule has 1 heterocycles. The molecular formula is C46H60O7S. The number of unbranched alkanes of at least 4 members (excludes halogenated alkanes) is 10. The molecule has 3 rings (SSSR count). The second-order valence-electron chi connectivity index (χ2n) is 13.4. The molecule has 0 saturated carbocycles. The maximum absolute atomic E-state index is 13.3. The third kappa shape index (κ3) is 16.4. The van der Waals surface area contributed by atoms with Crippen LogP contribution < -0.4 is 0 Å². The van der Waals surface area contributed by atoms with Crippen LogP contribution in [0.2, 0.25) is 0 Å². The van der Waals surface area contributed by atoms with E-state index in [1.165, 1.54) is 0 Å². The molecule has 0 saturated heterocycles. The van der Waals surface area contributed by atoms with Crippen molar-refractivity contribution < 1.29 is 33.3 Å². The van der Waals surface area contributed by atoms with Crippen LogP contribution >= 0.6 is 11.3 Å². The van der Waals surface area contributed by atoms with Crippen molar-refractivity contribution in [3.8, 4) is 10.4 Å². The number of hydrogen-bond donors (Lipinski definition) is 0. The first-order chi connectivity index (χ1) is 26.4. The molecule has 0 atom stereocenters. The minimum Gasteiger partial charge on any atom is -0.462 e. The summed E-state index contributed by atoms with van der Waals surface area (Å²) in [6.07, 6.45) is 24.4. The second kappa shape index (κ2) is 26.5. The molecule has 8 heteroatoms. The monoisotopic (exact) mass is 756 g/mol. The smallest absolute Gasteiger partial charge is 0.338 e. The third-order valence-corrected chi connectivity index (χ3v) is 10.1. The van der Waals surface area contributed by atoms with E-state index in [-0.39, 0.29) is 5.97 Å². The molecule has 0 bridgehead atoms. The summed E-state index contributed by atoms with van der Waals surface area (Å²) in [5, 5.41) is 0. The maximum atomic E-state index is 13.3. The Morgan fingerprint density at radius 3 is 1.89 bits per heavy atom. The molecule has 0 aliphatic heterocycles. The highest BCUT2D eigenvalue weighted by molar-refractivity contribution is 7.16. The number of benzene rings is 1. The van der Waals surface area contributed by atoms with Crippen molar-refractivity contribution >= 4 is 34.8 Å². The molecule has 0 fully saturated rings. The Labute approximate surface area is 327 Å². The van der Waals surface area contributed by atoms with Gasteiger partial charge in [-0.3, -0.25) is 0 Å². The van der Waals surface area contributed by atoms with Crippen LogP contribution in [0.15, 0.2) is 97.7 Å². The van der Waals surface area contributed by atoms with Crippen molar-refractivity contribution in [1.29, 1.82) is 0 Å². The largest absolute Gasteiger partial charge is 0.462 e. The number of thiophene rings is 1. The van der Waals surface area contributed by atoms with Gasteiger partial charge < -0.3 is 18.9 Å². The molecule has 1 aliphatic carbocycles. The summed E-state index contributed by atoms with van der Waals surface area (Å²) in [5.74, 6) is -1.29. The fourth-order valence-electron chi connectivity index (χ4n) is 5.78. The molecule has 0 unspecified atom stereocenters. The SMILES string of the molecule is C=CCCCCCOCc1cc(C(=O)OCCCCC=C)cc(-c2ccc(C3=CC(C(=O)OCCCCCC)=CC(C(=O)OCCCCC=C)=CC3)s2)c1. The van der Waals surface area contributed by atoms with Gasteiger partial charge in [-0.2, -0.15) is 0 Å². The van der Waals surface area contributed by atoms with Gasteiger partial charge in [-0.15, -0.1) is 31.1 Å². The topological polar surface area (TPSA) is 88.1 Å². The van der Waals surface area contributed by atoms with Gasteiger partial charge >= 0.3 is 17.9 Å². The van der Waals surface area contributed by atoms with E-state index in [9.17, 15) is 14.4 Å². The highest BCUT2D eigenvalue weighted by Crippen LogP contribution is 2.36. The molecule has 0 spiro atoms. The van der Waals surface area contributed by atoms with Gasteiger partial charge in [-0.1, -0.05) is 56.9 Å². The summed E-state index contributed by atoms with van der Waals surface area (Å²) >= 11 is 1.56. The van der Waals surface area contributed by atoms with E-state index < -0.39 is 11.9 Å². The summed E-state index contributed by atoms with van der Waals surface area (Å²) < 4.78 is 22.9. The van der Waals surface area contributed by atoms with E-state index >= 15 is 0 Å². The number of carbonyl (C=O) groups excluding carboxylic acids is 3. The first-order valence-corrected chi connectivity index (χ1v) is 20.5. The van der Waals surface area contributed by atoms with Crippen LogP contribution in [0.5, 0.6) is 0 Å². The van der Waals surface area contributed by atoms with Crippen molar-refractivity contribution in [1.82, 2.24) is 0 Å². The lowest BCUT2D eigenvalue weighted by Gasteiger charge is -2.10. The van der Waals surface area contributed by atoms with Gasteiger partial charge in [0.05, 0.1) is 43.1 Å². The van der Waals surface area contributed by atoms with Crippen LogP contribution in [0.3, 0.4) is 0 Å². The average molecular weight is 757 g/mol. The Morgan fingerprint density at radius 2 is 1.22 bits per heavy atom. The predicted molar refractivity (Wildman–Crippen MR) is 221 cm³/mol. The maximum Gasteiger partial charge on any atom is 0.338 e. The number of esters is 3. The molecule has 0 radical (unpaired) electrons. The van der Waals surface area contributed by atoms with Crippen molar-refractivity contribution in [3.05, 3.63) is 114 Å². The number of rotatable bonds is 28. The van der Waals surface area contributed by atoms with Crippen molar-refractivity contribution in [3.63, 3.8) is 0 Å². The van der Waals surface area contributed by atoms with Gasteiger partial charge in [0.1, 0.15) is 0 Å². The average Bonchev–Trinajstić information content (AvgIpc) is 3.57. The Morgan fingerprint density at radius 1 is 0.648 bits per heavy atom. The van der Waals surface area contributed by atoms with E-state index in [4.69, 9.17) is 18.9 Å². The molecule has 7 nitrogen and oxygen atoms in total. The minimum absolute atomic E-state index is 0.300. The van der Waals surface area contributed by atoms with Crippen LogP contribution in [-0.4, -0.2) is 44.3 Å².